The topological polar surface area (TPSA) is 103 Å². The summed E-state index contributed by atoms with van der Waals surface area (Å²) >= 11 is 0. The first-order valence-corrected chi connectivity index (χ1v) is 10.6. The summed E-state index contributed by atoms with van der Waals surface area (Å²) in [5.74, 6) is -0.202. The van der Waals surface area contributed by atoms with Gasteiger partial charge in [0.15, 0.2) is 5.78 Å². The molecule has 8 heteroatoms. The second-order valence-corrected chi connectivity index (χ2v) is 8.11. The molecule has 3 heterocycles. The zero-order chi connectivity index (χ0) is 21.8. The highest BCUT2D eigenvalue weighted by Crippen LogP contribution is 2.24. The van der Waals surface area contributed by atoms with Crippen LogP contribution in [0.15, 0.2) is 48.7 Å². The number of rotatable bonds is 5. The number of ketones is 1. The molecule has 2 atom stereocenters. The third-order valence-electron chi connectivity index (χ3n) is 5.96. The lowest BCUT2D eigenvalue weighted by Crippen LogP contribution is -2.49. The van der Waals surface area contributed by atoms with Crippen molar-refractivity contribution >= 4 is 23.3 Å². The molecule has 0 radical (unpaired) electrons. The fourth-order valence-electron chi connectivity index (χ4n) is 4.14. The molecular formula is C23H27N5O3. The van der Waals surface area contributed by atoms with Crippen molar-refractivity contribution in [1.29, 1.82) is 0 Å². The standard InChI is InChI=1S/C23H27N5O3/c1-15(29)17-5-4-6-18(13-17)25-22(30)16-8-11-28(12-9-16)23(31)21-14-20(26-27-21)19-7-2-3-10-24-19/h2-7,10,13,16,20-21,26-27H,8-9,11-12,14H2,1H3,(H,25,30). The molecule has 2 fully saturated rings. The van der Waals surface area contributed by atoms with E-state index in [0.717, 1.165) is 5.69 Å². The number of amides is 2. The van der Waals surface area contributed by atoms with Crippen molar-refractivity contribution in [1.82, 2.24) is 20.7 Å². The molecule has 2 unspecified atom stereocenters. The maximum Gasteiger partial charge on any atom is 0.241 e. The van der Waals surface area contributed by atoms with Gasteiger partial charge in [-0.05, 0) is 50.5 Å². The monoisotopic (exact) mass is 421 g/mol. The van der Waals surface area contributed by atoms with Crippen molar-refractivity contribution in [2.45, 2.75) is 38.3 Å². The van der Waals surface area contributed by atoms with Gasteiger partial charge in [-0.2, -0.15) is 0 Å². The predicted octanol–water partition coefficient (Wildman–Crippen LogP) is 2.07. The van der Waals surface area contributed by atoms with E-state index in [9.17, 15) is 14.4 Å². The highest BCUT2D eigenvalue weighted by Gasteiger charge is 2.35. The summed E-state index contributed by atoms with van der Waals surface area (Å²) in [7, 11) is 0. The summed E-state index contributed by atoms with van der Waals surface area (Å²) in [6.45, 7) is 2.61. The molecule has 4 rings (SSSR count). The fraction of sp³-hybridized carbons (Fsp3) is 0.391. The van der Waals surface area contributed by atoms with Gasteiger partial charge in [-0.1, -0.05) is 18.2 Å². The number of carbonyl (C=O) groups excluding carboxylic acids is 3. The highest BCUT2D eigenvalue weighted by atomic mass is 16.2. The Balaban J connectivity index is 1.27. The zero-order valence-corrected chi connectivity index (χ0v) is 17.5. The Bertz CT molecular complexity index is 957. The van der Waals surface area contributed by atoms with Gasteiger partial charge in [0.25, 0.3) is 0 Å². The van der Waals surface area contributed by atoms with Crippen molar-refractivity contribution in [3.63, 3.8) is 0 Å². The number of nitrogens with zero attached hydrogens (tertiary/aromatic N) is 2. The molecule has 162 valence electrons. The average Bonchev–Trinajstić information content (AvgIpc) is 3.30. The summed E-state index contributed by atoms with van der Waals surface area (Å²) in [6, 6.07) is 12.4. The van der Waals surface area contributed by atoms with Crippen LogP contribution in [0.5, 0.6) is 0 Å². The molecule has 2 aliphatic rings. The fourth-order valence-corrected chi connectivity index (χ4v) is 4.14. The number of carbonyl (C=O) groups is 3. The van der Waals surface area contributed by atoms with Crippen LogP contribution in [-0.4, -0.2) is 46.6 Å². The average molecular weight is 422 g/mol. The van der Waals surface area contributed by atoms with Gasteiger partial charge < -0.3 is 10.2 Å². The van der Waals surface area contributed by atoms with Gasteiger partial charge in [0.2, 0.25) is 11.8 Å². The maximum atomic E-state index is 12.9. The van der Waals surface area contributed by atoms with Gasteiger partial charge >= 0.3 is 0 Å². The number of piperidine rings is 1. The van der Waals surface area contributed by atoms with E-state index in [1.165, 1.54) is 6.92 Å². The van der Waals surface area contributed by atoms with Crippen LogP contribution in [0.2, 0.25) is 0 Å². The maximum absolute atomic E-state index is 12.9. The third-order valence-corrected chi connectivity index (χ3v) is 5.96. The van der Waals surface area contributed by atoms with Gasteiger partial charge in [-0.15, -0.1) is 0 Å². The molecule has 3 N–H and O–H groups in total. The minimum Gasteiger partial charge on any atom is -0.341 e. The molecule has 1 aromatic carbocycles. The smallest absolute Gasteiger partial charge is 0.241 e. The number of hydrogen-bond donors (Lipinski definition) is 3. The van der Waals surface area contributed by atoms with Gasteiger partial charge in [-0.25, -0.2) is 10.9 Å². The van der Waals surface area contributed by atoms with E-state index in [1.807, 2.05) is 23.1 Å². The van der Waals surface area contributed by atoms with Crippen LogP contribution >= 0.6 is 0 Å². The summed E-state index contributed by atoms with van der Waals surface area (Å²) in [5, 5.41) is 2.91. The molecule has 0 saturated carbocycles. The zero-order valence-electron chi connectivity index (χ0n) is 17.5. The number of likely N-dealkylation sites (tertiary alicyclic amines) is 1. The van der Waals surface area contributed by atoms with Crippen molar-refractivity contribution in [3.8, 4) is 0 Å². The van der Waals surface area contributed by atoms with E-state index < -0.39 is 0 Å². The van der Waals surface area contributed by atoms with E-state index in [4.69, 9.17) is 0 Å². The van der Waals surface area contributed by atoms with Crippen molar-refractivity contribution in [2.24, 2.45) is 5.92 Å². The minimum absolute atomic E-state index is 0.00392. The normalized spacial score (nSPS) is 21.6. The number of Topliss-reactive ketones (excluding diaryl/α,β-unsaturated/α-hetero) is 1. The van der Waals surface area contributed by atoms with Crippen molar-refractivity contribution < 1.29 is 14.4 Å². The Hall–Kier alpha value is -3.10. The van der Waals surface area contributed by atoms with E-state index >= 15 is 0 Å². The molecule has 2 amide bonds. The Morgan fingerprint density at radius 2 is 1.87 bits per heavy atom. The summed E-state index contributed by atoms with van der Waals surface area (Å²) in [5.41, 5.74) is 8.36. The van der Waals surface area contributed by atoms with Crippen molar-refractivity contribution in [3.05, 3.63) is 59.9 Å². The van der Waals surface area contributed by atoms with Gasteiger partial charge in [0.1, 0.15) is 6.04 Å². The SMILES string of the molecule is CC(=O)c1cccc(NC(=O)C2CCN(C(=O)C3CC(c4ccccn4)NN3)CC2)c1. The van der Waals surface area contributed by atoms with Crippen LogP contribution < -0.4 is 16.2 Å². The second-order valence-electron chi connectivity index (χ2n) is 8.11. The van der Waals surface area contributed by atoms with E-state index in [1.54, 1.807) is 30.5 Å². The number of nitrogens with one attached hydrogen (secondary N) is 3. The van der Waals surface area contributed by atoms with Crippen LogP contribution in [0, 0.1) is 5.92 Å². The number of pyridine rings is 1. The first-order valence-electron chi connectivity index (χ1n) is 10.6. The molecule has 1 aromatic heterocycles. The van der Waals surface area contributed by atoms with E-state index in [-0.39, 0.29) is 35.6 Å². The molecule has 2 aromatic rings. The number of anilines is 1. The molecule has 8 nitrogen and oxygen atoms in total. The molecule has 2 aliphatic heterocycles. The first kappa shape index (κ1) is 21.1. The lowest BCUT2D eigenvalue weighted by Gasteiger charge is -2.32. The van der Waals surface area contributed by atoms with Crippen LogP contribution in [0.25, 0.3) is 0 Å². The van der Waals surface area contributed by atoms with Crippen LogP contribution in [0.3, 0.4) is 0 Å². The number of hydrogen-bond acceptors (Lipinski definition) is 6. The molecular weight excluding hydrogens is 394 g/mol. The molecule has 0 bridgehead atoms. The van der Waals surface area contributed by atoms with Crippen LogP contribution in [0.1, 0.15) is 48.3 Å². The number of hydrazine groups is 1. The van der Waals surface area contributed by atoms with Crippen molar-refractivity contribution in [2.75, 3.05) is 18.4 Å². The molecule has 0 spiro atoms. The molecule has 31 heavy (non-hydrogen) atoms. The Kier molecular flexibility index (Phi) is 6.39. The minimum atomic E-state index is -0.299. The largest absolute Gasteiger partial charge is 0.341 e. The Labute approximate surface area is 181 Å². The van der Waals surface area contributed by atoms with Crippen LogP contribution in [-0.2, 0) is 9.59 Å². The number of aromatic nitrogens is 1. The summed E-state index contributed by atoms with van der Waals surface area (Å²) in [6.07, 6.45) is 3.63. The lowest BCUT2D eigenvalue weighted by atomic mass is 9.95. The quantitative estimate of drug-likeness (QED) is 0.639. The molecule has 0 aliphatic carbocycles. The van der Waals surface area contributed by atoms with Gasteiger partial charge in [0.05, 0.1) is 11.7 Å². The molecule has 2 saturated heterocycles. The predicted molar refractivity (Wildman–Crippen MR) is 116 cm³/mol. The summed E-state index contributed by atoms with van der Waals surface area (Å²) < 4.78 is 0. The van der Waals surface area contributed by atoms with E-state index in [2.05, 4.69) is 21.2 Å². The Morgan fingerprint density at radius 3 is 2.58 bits per heavy atom. The van der Waals surface area contributed by atoms with Crippen LogP contribution in [0.4, 0.5) is 5.69 Å². The third kappa shape index (κ3) is 4.98. The van der Waals surface area contributed by atoms with Gasteiger partial charge in [0, 0.05) is 36.5 Å². The summed E-state index contributed by atoms with van der Waals surface area (Å²) in [4.78, 5) is 43.3. The number of benzene rings is 1. The Morgan fingerprint density at radius 1 is 1.06 bits per heavy atom. The highest BCUT2D eigenvalue weighted by molar-refractivity contribution is 5.97. The lowest BCUT2D eigenvalue weighted by molar-refractivity contribution is -0.136. The van der Waals surface area contributed by atoms with E-state index in [0.29, 0.717) is 43.6 Å². The first-order chi connectivity index (χ1) is 15.0. The van der Waals surface area contributed by atoms with Gasteiger partial charge in [-0.3, -0.25) is 19.4 Å². The second kappa shape index (κ2) is 9.36.